The number of anilines is 1. The Bertz CT molecular complexity index is 525. The van der Waals surface area contributed by atoms with Crippen LogP contribution in [0, 0.1) is 12.8 Å². The summed E-state index contributed by atoms with van der Waals surface area (Å²) >= 11 is 0. The molecule has 1 aromatic heterocycles. The topological polar surface area (TPSA) is 58.6 Å². The van der Waals surface area contributed by atoms with Crippen molar-refractivity contribution in [2.75, 3.05) is 38.2 Å². The maximum absolute atomic E-state index is 12.2. The Morgan fingerprint density at radius 3 is 2.57 bits per heavy atom. The van der Waals surface area contributed by atoms with E-state index >= 15 is 0 Å². The summed E-state index contributed by atoms with van der Waals surface area (Å²) < 4.78 is 5.12. The number of piperazine rings is 1. The average molecular weight is 320 g/mol. The fourth-order valence-electron chi connectivity index (χ4n) is 2.72. The number of hydrogen-bond donors (Lipinski definition) is 0. The van der Waals surface area contributed by atoms with Gasteiger partial charge in [-0.1, -0.05) is 13.8 Å². The highest BCUT2D eigenvalue weighted by atomic mass is 16.5. The van der Waals surface area contributed by atoms with E-state index in [1.165, 1.54) is 0 Å². The molecule has 0 radical (unpaired) electrons. The van der Waals surface area contributed by atoms with Crippen LogP contribution in [0.1, 0.15) is 38.2 Å². The molecule has 0 unspecified atom stereocenters. The van der Waals surface area contributed by atoms with Gasteiger partial charge in [0.05, 0.1) is 0 Å². The molecule has 1 fully saturated rings. The average Bonchev–Trinajstić information content (AvgIpc) is 2.52. The van der Waals surface area contributed by atoms with Crippen LogP contribution < -0.4 is 4.90 Å². The van der Waals surface area contributed by atoms with E-state index in [4.69, 9.17) is 4.74 Å². The van der Waals surface area contributed by atoms with Gasteiger partial charge in [-0.2, -0.15) is 0 Å². The number of ether oxygens (including phenoxy) is 1. The first-order valence-corrected chi connectivity index (χ1v) is 8.36. The number of amides is 1. The second-order valence-electron chi connectivity index (χ2n) is 6.52. The SMILES string of the molecule is COCc1nc(C)cc(N2CCN(C(=O)CCC(C)C)CC2)n1. The van der Waals surface area contributed by atoms with Gasteiger partial charge in [-0.3, -0.25) is 4.79 Å². The zero-order chi connectivity index (χ0) is 16.8. The van der Waals surface area contributed by atoms with Crippen LogP contribution in [0.3, 0.4) is 0 Å². The third-order valence-corrected chi connectivity index (χ3v) is 4.05. The first-order valence-electron chi connectivity index (χ1n) is 8.36. The van der Waals surface area contributed by atoms with Crippen LogP contribution in [0.2, 0.25) is 0 Å². The van der Waals surface area contributed by atoms with E-state index in [9.17, 15) is 4.79 Å². The summed E-state index contributed by atoms with van der Waals surface area (Å²) in [6, 6.07) is 2.00. The predicted molar refractivity (Wildman–Crippen MR) is 90.3 cm³/mol. The van der Waals surface area contributed by atoms with Crippen molar-refractivity contribution in [1.29, 1.82) is 0 Å². The maximum atomic E-state index is 12.2. The Balaban J connectivity index is 1.92. The molecule has 0 atom stereocenters. The van der Waals surface area contributed by atoms with E-state index in [1.54, 1.807) is 7.11 Å². The number of aromatic nitrogens is 2. The van der Waals surface area contributed by atoms with Gasteiger partial charge < -0.3 is 14.5 Å². The van der Waals surface area contributed by atoms with Crippen LogP contribution in [0.5, 0.6) is 0 Å². The number of aryl methyl sites for hydroxylation is 1. The van der Waals surface area contributed by atoms with Crippen molar-refractivity contribution in [3.8, 4) is 0 Å². The van der Waals surface area contributed by atoms with Crippen LogP contribution in [-0.2, 0) is 16.1 Å². The van der Waals surface area contributed by atoms with E-state index in [0.717, 1.165) is 44.1 Å². The molecule has 0 spiro atoms. The molecule has 0 bridgehead atoms. The summed E-state index contributed by atoms with van der Waals surface area (Å²) in [6.45, 7) is 9.85. The van der Waals surface area contributed by atoms with Crippen molar-refractivity contribution in [2.24, 2.45) is 5.92 Å². The summed E-state index contributed by atoms with van der Waals surface area (Å²) in [5.41, 5.74) is 0.942. The summed E-state index contributed by atoms with van der Waals surface area (Å²) in [5, 5.41) is 0. The Labute approximate surface area is 138 Å². The molecule has 1 saturated heterocycles. The normalized spacial score (nSPS) is 15.3. The smallest absolute Gasteiger partial charge is 0.222 e. The van der Waals surface area contributed by atoms with Crippen LogP contribution >= 0.6 is 0 Å². The van der Waals surface area contributed by atoms with Crippen molar-refractivity contribution in [3.05, 3.63) is 17.6 Å². The number of hydrogen-bond acceptors (Lipinski definition) is 5. The molecule has 0 N–H and O–H groups in total. The van der Waals surface area contributed by atoms with Gasteiger partial charge in [-0.15, -0.1) is 0 Å². The molecule has 2 rings (SSSR count). The van der Waals surface area contributed by atoms with Crippen LogP contribution in [-0.4, -0.2) is 54.1 Å². The fourth-order valence-corrected chi connectivity index (χ4v) is 2.72. The lowest BCUT2D eigenvalue weighted by Crippen LogP contribution is -2.49. The van der Waals surface area contributed by atoms with Crippen LogP contribution in [0.25, 0.3) is 0 Å². The Kier molecular flexibility index (Phi) is 6.33. The quantitative estimate of drug-likeness (QED) is 0.802. The lowest BCUT2D eigenvalue weighted by molar-refractivity contribution is -0.131. The van der Waals surface area contributed by atoms with Crippen molar-refractivity contribution < 1.29 is 9.53 Å². The largest absolute Gasteiger partial charge is 0.377 e. The second kappa shape index (κ2) is 8.24. The summed E-state index contributed by atoms with van der Waals surface area (Å²) in [4.78, 5) is 25.3. The van der Waals surface area contributed by atoms with Gasteiger partial charge in [-0.05, 0) is 19.3 Å². The molecule has 128 valence electrons. The third-order valence-electron chi connectivity index (χ3n) is 4.05. The molecule has 1 aliphatic rings. The minimum Gasteiger partial charge on any atom is -0.377 e. The van der Waals surface area contributed by atoms with E-state index in [1.807, 2.05) is 17.9 Å². The van der Waals surface area contributed by atoms with Crippen molar-refractivity contribution in [1.82, 2.24) is 14.9 Å². The first kappa shape index (κ1) is 17.7. The zero-order valence-corrected chi connectivity index (χ0v) is 14.7. The predicted octanol–water partition coefficient (Wildman–Crippen LogP) is 2.02. The van der Waals surface area contributed by atoms with Crippen molar-refractivity contribution in [3.63, 3.8) is 0 Å². The van der Waals surface area contributed by atoms with Crippen LogP contribution in [0.15, 0.2) is 6.07 Å². The van der Waals surface area contributed by atoms with Gasteiger partial charge in [-0.25, -0.2) is 9.97 Å². The van der Waals surface area contributed by atoms with Gasteiger partial charge in [0.25, 0.3) is 0 Å². The Hall–Kier alpha value is -1.69. The minimum atomic E-state index is 0.275. The molecule has 6 nitrogen and oxygen atoms in total. The molecule has 1 amide bonds. The molecule has 1 aromatic rings. The van der Waals surface area contributed by atoms with Gasteiger partial charge >= 0.3 is 0 Å². The number of nitrogens with zero attached hydrogens (tertiary/aromatic N) is 4. The summed E-state index contributed by atoms with van der Waals surface area (Å²) in [6.07, 6.45) is 1.62. The molecule has 2 heterocycles. The fraction of sp³-hybridized carbons (Fsp3) is 0.706. The van der Waals surface area contributed by atoms with Gasteiger partial charge in [0.2, 0.25) is 5.91 Å². The Morgan fingerprint density at radius 1 is 1.26 bits per heavy atom. The molecule has 6 heteroatoms. The first-order chi connectivity index (χ1) is 11.0. The lowest BCUT2D eigenvalue weighted by Gasteiger charge is -2.35. The van der Waals surface area contributed by atoms with Crippen molar-refractivity contribution >= 4 is 11.7 Å². The highest BCUT2D eigenvalue weighted by Gasteiger charge is 2.22. The lowest BCUT2D eigenvalue weighted by atomic mass is 10.1. The van der Waals surface area contributed by atoms with Gasteiger partial charge in [0, 0.05) is 51.5 Å². The number of carbonyl (C=O) groups excluding carboxylic acids is 1. The number of carbonyl (C=O) groups is 1. The standard InChI is InChI=1S/C17H28N4O2/c1-13(2)5-6-17(22)21-9-7-20(8-10-21)16-11-14(3)18-15(19-16)12-23-4/h11,13H,5-10,12H2,1-4H3. The second-order valence-corrected chi connectivity index (χ2v) is 6.52. The highest BCUT2D eigenvalue weighted by molar-refractivity contribution is 5.76. The van der Waals surface area contributed by atoms with Crippen molar-refractivity contribution in [2.45, 2.75) is 40.2 Å². The molecule has 0 saturated carbocycles. The number of rotatable bonds is 6. The van der Waals surface area contributed by atoms with E-state index in [2.05, 4.69) is 28.7 Å². The van der Waals surface area contributed by atoms with Gasteiger partial charge in [0.15, 0.2) is 5.82 Å². The highest BCUT2D eigenvalue weighted by Crippen LogP contribution is 2.16. The maximum Gasteiger partial charge on any atom is 0.222 e. The molecule has 0 aromatic carbocycles. The number of methoxy groups -OCH3 is 1. The van der Waals surface area contributed by atoms with E-state index in [-0.39, 0.29) is 5.91 Å². The molecular weight excluding hydrogens is 292 g/mol. The third kappa shape index (κ3) is 5.16. The van der Waals surface area contributed by atoms with E-state index in [0.29, 0.717) is 24.8 Å². The molecule has 0 aliphatic carbocycles. The molecule has 1 aliphatic heterocycles. The zero-order valence-electron chi connectivity index (χ0n) is 14.7. The Morgan fingerprint density at radius 2 is 1.96 bits per heavy atom. The molecular formula is C17H28N4O2. The van der Waals surface area contributed by atoms with Crippen LogP contribution in [0.4, 0.5) is 5.82 Å². The summed E-state index contributed by atoms with van der Waals surface area (Å²) in [5.74, 6) is 2.48. The van der Waals surface area contributed by atoms with Gasteiger partial charge in [0.1, 0.15) is 12.4 Å². The summed E-state index contributed by atoms with van der Waals surface area (Å²) in [7, 11) is 1.65. The van der Waals surface area contributed by atoms with E-state index < -0.39 is 0 Å². The monoisotopic (exact) mass is 320 g/mol. The minimum absolute atomic E-state index is 0.275. The molecule has 23 heavy (non-hydrogen) atoms.